The Morgan fingerprint density at radius 3 is 2.92 bits per heavy atom. The van der Waals surface area contributed by atoms with Crippen molar-refractivity contribution < 1.29 is 4.52 Å². The Morgan fingerprint density at radius 1 is 1.58 bits per heavy atom. The zero-order valence-electron chi connectivity index (χ0n) is 5.82. The van der Waals surface area contributed by atoms with E-state index in [2.05, 4.69) is 26.1 Å². The van der Waals surface area contributed by atoms with Gasteiger partial charge in [-0.25, -0.2) is 4.98 Å². The number of hydrogen-bond donors (Lipinski definition) is 1. The molecule has 2 rings (SSSR count). The third kappa shape index (κ3) is 1.35. The van der Waals surface area contributed by atoms with E-state index in [0.717, 1.165) is 9.61 Å². The monoisotopic (exact) mass is 245 g/mol. The van der Waals surface area contributed by atoms with Crippen LogP contribution in [0.3, 0.4) is 0 Å². The van der Waals surface area contributed by atoms with Crippen molar-refractivity contribution in [1.29, 1.82) is 0 Å². The van der Waals surface area contributed by atoms with Gasteiger partial charge in [0.1, 0.15) is 5.69 Å². The van der Waals surface area contributed by atoms with E-state index in [0.29, 0.717) is 11.6 Å². The molecular weight excluding hydrogens is 242 g/mol. The molecule has 0 unspecified atom stereocenters. The fourth-order valence-electron chi connectivity index (χ4n) is 0.775. The number of nitrogens with two attached hydrogens (primary N) is 1. The van der Waals surface area contributed by atoms with Gasteiger partial charge in [0.25, 0.3) is 0 Å². The normalized spacial score (nSPS) is 10.4. The van der Waals surface area contributed by atoms with Crippen LogP contribution >= 0.6 is 27.3 Å². The van der Waals surface area contributed by atoms with E-state index in [1.54, 1.807) is 6.07 Å². The second kappa shape index (κ2) is 2.87. The predicted octanol–water partition coefficient (Wildman–Crippen LogP) is 2.14. The number of halogens is 1. The molecule has 62 valence electrons. The Kier molecular flexibility index (Phi) is 1.86. The molecule has 2 heterocycles. The summed E-state index contributed by atoms with van der Waals surface area (Å²) in [6.07, 6.45) is 0. The first kappa shape index (κ1) is 7.75. The van der Waals surface area contributed by atoms with Crippen molar-refractivity contribution in [2.45, 2.75) is 0 Å². The summed E-state index contributed by atoms with van der Waals surface area (Å²) in [5, 5.41) is 5.42. The van der Waals surface area contributed by atoms with Gasteiger partial charge in [0.05, 0.1) is 0 Å². The molecule has 0 aromatic carbocycles. The third-order valence-electron chi connectivity index (χ3n) is 1.26. The van der Waals surface area contributed by atoms with Gasteiger partial charge in [-0.05, 0) is 15.9 Å². The summed E-state index contributed by atoms with van der Waals surface area (Å²) < 4.78 is 5.72. The SMILES string of the molecule is Nc1cc(-c2csc(Br)n2)on1. The Balaban J connectivity index is 2.43. The second-order valence-electron chi connectivity index (χ2n) is 2.10. The number of nitrogens with zero attached hydrogens (tertiary/aromatic N) is 2. The fourth-order valence-corrected chi connectivity index (χ4v) is 1.77. The van der Waals surface area contributed by atoms with Crippen LogP contribution in [0, 0.1) is 0 Å². The lowest BCUT2D eigenvalue weighted by Gasteiger charge is -1.82. The summed E-state index contributed by atoms with van der Waals surface area (Å²) in [6.45, 7) is 0. The summed E-state index contributed by atoms with van der Waals surface area (Å²) in [4.78, 5) is 4.14. The van der Waals surface area contributed by atoms with E-state index >= 15 is 0 Å². The number of nitrogen functional groups attached to an aromatic ring is 1. The molecule has 0 aliphatic rings. The van der Waals surface area contributed by atoms with Crippen molar-refractivity contribution >= 4 is 33.1 Å². The maximum atomic E-state index is 5.38. The van der Waals surface area contributed by atoms with E-state index in [1.807, 2.05) is 5.38 Å². The zero-order valence-corrected chi connectivity index (χ0v) is 8.22. The van der Waals surface area contributed by atoms with Crippen molar-refractivity contribution in [3.8, 4) is 11.5 Å². The van der Waals surface area contributed by atoms with E-state index < -0.39 is 0 Å². The molecule has 4 nitrogen and oxygen atoms in total. The Bertz CT molecular complexity index is 359. The molecule has 0 saturated carbocycles. The minimum absolute atomic E-state index is 0.370. The van der Waals surface area contributed by atoms with E-state index in [9.17, 15) is 0 Å². The summed E-state index contributed by atoms with van der Waals surface area (Å²) in [6, 6.07) is 1.64. The highest BCUT2D eigenvalue weighted by Gasteiger charge is 2.07. The van der Waals surface area contributed by atoms with E-state index in [4.69, 9.17) is 10.3 Å². The first-order valence-electron chi connectivity index (χ1n) is 3.09. The van der Waals surface area contributed by atoms with Crippen LogP contribution < -0.4 is 5.73 Å². The Morgan fingerprint density at radius 2 is 2.42 bits per heavy atom. The van der Waals surface area contributed by atoms with Crippen LogP contribution in [0.15, 0.2) is 19.9 Å². The highest BCUT2D eigenvalue weighted by molar-refractivity contribution is 9.11. The molecule has 6 heteroatoms. The van der Waals surface area contributed by atoms with Crippen molar-refractivity contribution in [3.05, 3.63) is 15.4 Å². The van der Waals surface area contributed by atoms with Gasteiger partial charge in [0, 0.05) is 11.4 Å². The first-order chi connectivity index (χ1) is 5.75. The quantitative estimate of drug-likeness (QED) is 0.837. The van der Waals surface area contributed by atoms with Crippen molar-refractivity contribution in [1.82, 2.24) is 10.1 Å². The standard InChI is InChI=1S/C6H4BrN3OS/c7-6-9-3(2-12-6)4-1-5(8)10-11-4/h1-2H,(H2,8,10). The topological polar surface area (TPSA) is 64.9 Å². The molecule has 0 saturated heterocycles. The predicted molar refractivity (Wildman–Crippen MR) is 49.7 cm³/mol. The summed E-state index contributed by atoms with van der Waals surface area (Å²) in [5.74, 6) is 0.962. The smallest absolute Gasteiger partial charge is 0.188 e. The van der Waals surface area contributed by atoms with Crippen LogP contribution in [-0.2, 0) is 0 Å². The van der Waals surface area contributed by atoms with Gasteiger partial charge >= 0.3 is 0 Å². The summed E-state index contributed by atoms with van der Waals surface area (Å²) in [7, 11) is 0. The van der Waals surface area contributed by atoms with Gasteiger partial charge in [-0.2, -0.15) is 0 Å². The van der Waals surface area contributed by atoms with Gasteiger partial charge < -0.3 is 10.3 Å². The van der Waals surface area contributed by atoms with Crippen LogP contribution in [0.4, 0.5) is 5.82 Å². The zero-order chi connectivity index (χ0) is 8.55. The molecule has 0 aliphatic heterocycles. The minimum atomic E-state index is 0.370. The van der Waals surface area contributed by atoms with Gasteiger partial charge in [0.2, 0.25) is 0 Å². The number of thiazole rings is 1. The molecular formula is C6H4BrN3OS. The van der Waals surface area contributed by atoms with Gasteiger partial charge in [-0.3, -0.25) is 0 Å². The highest BCUT2D eigenvalue weighted by Crippen LogP contribution is 2.25. The largest absolute Gasteiger partial charge is 0.381 e. The molecule has 0 spiro atoms. The Labute approximate surface area is 80.5 Å². The maximum Gasteiger partial charge on any atom is 0.188 e. The number of hydrogen-bond acceptors (Lipinski definition) is 5. The van der Waals surface area contributed by atoms with Crippen molar-refractivity contribution in [3.63, 3.8) is 0 Å². The average Bonchev–Trinajstić information content (AvgIpc) is 2.58. The molecule has 0 radical (unpaired) electrons. The van der Waals surface area contributed by atoms with Gasteiger partial charge in [0.15, 0.2) is 15.5 Å². The lowest BCUT2D eigenvalue weighted by Crippen LogP contribution is -1.79. The van der Waals surface area contributed by atoms with Crippen molar-refractivity contribution in [2.24, 2.45) is 0 Å². The van der Waals surface area contributed by atoms with Crippen LogP contribution in [-0.4, -0.2) is 10.1 Å². The lowest BCUT2D eigenvalue weighted by atomic mass is 10.4. The van der Waals surface area contributed by atoms with Crippen LogP contribution in [0.2, 0.25) is 0 Å². The molecule has 0 atom stereocenters. The molecule has 0 aliphatic carbocycles. The van der Waals surface area contributed by atoms with Crippen LogP contribution in [0.5, 0.6) is 0 Å². The third-order valence-corrected chi connectivity index (χ3v) is 2.62. The lowest BCUT2D eigenvalue weighted by molar-refractivity contribution is 0.434. The highest BCUT2D eigenvalue weighted by atomic mass is 79.9. The maximum absolute atomic E-state index is 5.38. The van der Waals surface area contributed by atoms with Gasteiger partial charge in [-0.1, -0.05) is 5.16 Å². The average molecular weight is 246 g/mol. The number of aromatic nitrogens is 2. The Hall–Kier alpha value is -0.880. The minimum Gasteiger partial charge on any atom is -0.381 e. The van der Waals surface area contributed by atoms with Gasteiger partial charge in [-0.15, -0.1) is 11.3 Å². The number of rotatable bonds is 1. The van der Waals surface area contributed by atoms with Crippen molar-refractivity contribution in [2.75, 3.05) is 5.73 Å². The molecule has 12 heavy (non-hydrogen) atoms. The van der Waals surface area contributed by atoms with Crippen LogP contribution in [0.25, 0.3) is 11.5 Å². The molecule has 0 amide bonds. The molecule has 2 aromatic rings. The summed E-state index contributed by atoms with van der Waals surface area (Å²) >= 11 is 4.74. The van der Waals surface area contributed by atoms with Crippen LogP contribution in [0.1, 0.15) is 0 Å². The van der Waals surface area contributed by atoms with E-state index in [1.165, 1.54) is 11.3 Å². The molecule has 2 N–H and O–H groups in total. The molecule has 0 bridgehead atoms. The fraction of sp³-hybridized carbons (Fsp3) is 0. The first-order valence-corrected chi connectivity index (χ1v) is 4.76. The summed E-state index contributed by atoms with van der Waals surface area (Å²) in [5.41, 5.74) is 6.13. The molecule has 2 aromatic heterocycles. The second-order valence-corrected chi connectivity index (χ2v) is 4.24. The number of anilines is 1. The van der Waals surface area contributed by atoms with E-state index in [-0.39, 0.29) is 0 Å². The molecule has 0 fully saturated rings.